The molecule has 2 rings (SSSR count). The number of nitrogens with one attached hydrogen (secondary N) is 1. The first kappa shape index (κ1) is 11.5. The first-order valence-electron chi connectivity index (χ1n) is 5.36. The number of aryl methyl sites for hydroxylation is 1. The van der Waals surface area contributed by atoms with E-state index in [2.05, 4.69) is 15.1 Å². The van der Waals surface area contributed by atoms with Crippen molar-refractivity contribution in [3.05, 3.63) is 34.4 Å². The number of ether oxygens (including phenoxy) is 1. The molecule has 90 valence electrons. The van der Waals surface area contributed by atoms with Crippen molar-refractivity contribution in [2.75, 3.05) is 7.11 Å². The van der Waals surface area contributed by atoms with Gasteiger partial charge in [0.05, 0.1) is 12.3 Å². The Morgan fingerprint density at radius 2 is 2.35 bits per heavy atom. The lowest BCUT2D eigenvalue weighted by molar-refractivity contribution is 0.181. The van der Waals surface area contributed by atoms with Crippen molar-refractivity contribution < 1.29 is 4.74 Å². The van der Waals surface area contributed by atoms with E-state index in [-0.39, 0.29) is 5.56 Å². The molecule has 0 saturated carbocycles. The van der Waals surface area contributed by atoms with E-state index in [1.54, 1.807) is 18.0 Å². The molecule has 17 heavy (non-hydrogen) atoms. The summed E-state index contributed by atoms with van der Waals surface area (Å²) >= 11 is 0. The second kappa shape index (κ2) is 4.92. The lowest BCUT2D eigenvalue weighted by atomic mass is 10.3. The van der Waals surface area contributed by atoms with Gasteiger partial charge in [-0.1, -0.05) is 0 Å². The monoisotopic (exact) mass is 234 g/mol. The average Bonchev–Trinajstić information content (AvgIpc) is 2.76. The van der Waals surface area contributed by atoms with Crippen molar-refractivity contribution in [1.29, 1.82) is 0 Å². The van der Waals surface area contributed by atoms with E-state index < -0.39 is 0 Å². The van der Waals surface area contributed by atoms with Gasteiger partial charge in [0.25, 0.3) is 5.56 Å². The zero-order chi connectivity index (χ0) is 12.3. The SMILES string of the molecule is CCn1nccc1-c1nc(COC)cc(=O)[nH]1. The predicted molar refractivity (Wildman–Crippen MR) is 62.5 cm³/mol. The highest BCUT2D eigenvalue weighted by Crippen LogP contribution is 2.12. The van der Waals surface area contributed by atoms with Gasteiger partial charge < -0.3 is 9.72 Å². The van der Waals surface area contributed by atoms with Gasteiger partial charge >= 0.3 is 0 Å². The Bertz CT molecular complexity index is 559. The van der Waals surface area contributed by atoms with Gasteiger partial charge in [-0.15, -0.1) is 0 Å². The van der Waals surface area contributed by atoms with Crippen LogP contribution in [0.4, 0.5) is 0 Å². The van der Waals surface area contributed by atoms with E-state index in [4.69, 9.17) is 4.74 Å². The van der Waals surface area contributed by atoms with E-state index in [0.717, 1.165) is 12.2 Å². The Hall–Kier alpha value is -1.95. The molecule has 0 bridgehead atoms. The molecule has 2 aromatic heterocycles. The van der Waals surface area contributed by atoms with Gasteiger partial charge in [0.1, 0.15) is 5.69 Å². The highest BCUT2D eigenvalue weighted by atomic mass is 16.5. The van der Waals surface area contributed by atoms with Crippen molar-refractivity contribution in [3.63, 3.8) is 0 Å². The van der Waals surface area contributed by atoms with Crippen molar-refractivity contribution in [2.24, 2.45) is 0 Å². The zero-order valence-electron chi connectivity index (χ0n) is 9.80. The third kappa shape index (κ3) is 2.42. The van der Waals surface area contributed by atoms with Crippen LogP contribution in [0.3, 0.4) is 0 Å². The minimum atomic E-state index is -0.189. The largest absolute Gasteiger partial charge is 0.378 e. The maximum atomic E-state index is 11.5. The standard InChI is InChI=1S/C11H14N4O2/c1-3-15-9(4-5-12-15)11-13-8(7-17-2)6-10(16)14-11/h4-6H,3,7H2,1-2H3,(H,13,14,16). The minimum absolute atomic E-state index is 0.189. The van der Waals surface area contributed by atoms with Crippen LogP contribution >= 0.6 is 0 Å². The Morgan fingerprint density at radius 3 is 3.06 bits per heavy atom. The average molecular weight is 234 g/mol. The molecule has 6 nitrogen and oxygen atoms in total. The van der Waals surface area contributed by atoms with Crippen LogP contribution in [0.5, 0.6) is 0 Å². The molecule has 0 unspecified atom stereocenters. The molecule has 1 N–H and O–H groups in total. The van der Waals surface area contributed by atoms with Crippen molar-refractivity contribution in [3.8, 4) is 11.5 Å². The number of aromatic amines is 1. The predicted octanol–water partition coefficient (Wildman–Crippen LogP) is 0.800. The fourth-order valence-corrected chi connectivity index (χ4v) is 1.64. The molecule has 6 heteroatoms. The zero-order valence-corrected chi connectivity index (χ0v) is 9.80. The fourth-order valence-electron chi connectivity index (χ4n) is 1.64. The molecule has 0 aliphatic carbocycles. The number of H-pyrrole nitrogens is 1. The summed E-state index contributed by atoms with van der Waals surface area (Å²) in [5.41, 5.74) is 1.21. The Labute approximate surface area is 98.3 Å². The van der Waals surface area contributed by atoms with E-state index >= 15 is 0 Å². The minimum Gasteiger partial charge on any atom is -0.378 e. The van der Waals surface area contributed by atoms with Crippen LogP contribution in [0.2, 0.25) is 0 Å². The highest BCUT2D eigenvalue weighted by Gasteiger charge is 2.08. The number of methoxy groups -OCH3 is 1. The summed E-state index contributed by atoms with van der Waals surface area (Å²) in [7, 11) is 1.57. The van der Waals surface area contributed by atoms with E-state index in [9.17, 15) is 4.79 Å². The number of hydrogen-bond donors (Lipinski definition) is 1. The number of hydrogen-bond acceptors (Lipinski definition) is 4. The van der Waals surface area contributed by atoms with Crippen molar-refractivity contribution >= 4 is 0 Å². The quantitative estimate of drug-likeness (QED) is 0.849. The Kier molecular flexibility index (Phi) is 3.34. The van der Waals surface area contributed by atoms with Crippen molar-refractivity contribution in [2.45, 2.75) is 20.1 Å². The molecule has 0 radical (unpaired) electrons. The maximum absolute atomic E-state index is 11.5. The molecular formula is C11H14N4O2. The van der Waals surface area contributed by atoms with Gasteiger partial charge in [0.15, 0.2) is 5.82 Å². The van der Waals surface area contributed by atoms with E-state index in [1.807, 2.05) is 13.0 Å². The molecule has 0 amide bonds. The van der Waals surface area contributed by atoms with Gasteiger partial charge in [-0.3, -0.25) is 9.48 Å². The Morgan fingerprint density at radius 1 is 1.53 bits per heavy atom. The summed E-state index contributed by atoms with van der Waals surface area (Å²) in [6.07, 6.45) is 1.68. The van der Waals surface area contributed by atoms with E-state index in [1.165, 1.54) is 6.07 Å². The topological polar surface area (TPSA) is 72.8 Å². The molecule has 0 saturated heterocycles. The van der Waals surface area contributed by atoms with Crippen LogP contribution < -0.4 is 5.56 Å². The molecule has 0 aliphatic heterocycles. The third-order valence-electron chi connectivity index (χ3n) is 2.35. The molecular weight excluding hydrogens is 220 g/mol. The molecule has 2 heterocycles. The number of rotatable bonds is 4. The smallest absolute Gasteiger partial charge is 0.251 e. The van der Waals surface area contributed by atoms with Crippen LogP contribution in [-0.2, 0) is 17.9 Å². The summed E-state index contributed by atoms with van der Waals surface area (Å²) in [6, 6.07) is 3.25. The molecule has 0 fully saturated rings. The molecule has 0 aliphatic rings. The molecule has 2 aromatic rings. The second-order valence-electron chi connectivity index (χ2n) is 3.55. The summed E-state index contributed by atoms with van der Waals surface area (Å²) < 4.78 is 6.75. The maximum Gasteiger partial charge on any atom is 0.251 e. The van der Waals surface area contributed by atoms with Crippen LogP contribution in [0, 0.1) is 0 Å². The third-order valence-corrected chi connectivity index (χ3v) is 2.35. The van der Waals surface area contributed by atoms with Gasteiger partial charge in [-0.05, 0) is 13.0 Å². The van der Waals surface area contributed by atoms with E-state index in [0.29, 0.717) is 18.1 Å². The molecule has 0 aromatic carbocycles. The van der Waals surface area contributed by atoms with Crippen LogP contribution in [0.25, 0.3) is 11.5 Å². The Balaban J connectivity index is 2.48. The first-order chi connectivity index (χ1) is 8.24. The highest BCUT2D eigenvalue weighted by molar-refractivity contribution is 5.48. The lowest BCUT2D eigenvalue weighted by Crippen LogP contribution is -2.12. The van der Waals surface area contributed by atoms with Gasteiger partial charge in [0, 0.05) is 25.9 Å². The van der Waals surface area contributed by atoms with Crippen molar-refractivity contribution in [1.82, 2.24) is 19.7 Å². The van der Waals surface area contributed by atoms with Crippen LogP contribution in [0.15, 0.2) is 23.1 Å². The van der Waals surface area contributed by atoms with Gasteiger partial charge in [0.2, 0.25) is 0 Å². The first-order valence-corrected chi connectivity index (χ1v) is 5.36. The fraction of sp³-hybridized carbons (Fsp3) is 0.364. The second-order valence-corrected chi connectivity index (χ2v) is 3.55. The number of nitrogens with zero attached hydrogens (tertiary/aromatic N) is 3. The summed E-state index contributed by atoms with van der Waals surface area (Å²) in [5, 5.41) is 4.14. The van der Waals surface area contributed by atoms with Gasteiger partial charge in [-0.2, -0.15) is 5.10 Å². The van der Waals surface area contributed by atoms with Crippen LogP contribution in [0.1, 0.15) is 12.6 Å². The van der Waals surface area contributed by atoms with Gasteiger partial charge in [-0.25, -0.2) is 4.98 Å². The summed E-state index contributed by atoms with van der Waals surface area (Å²) in [6.45, 7) is 3.02. The summed E-state index contributed by atoms with van der Waals surface area (Å²) in [5.74, 6) is 0.518. The molecule has 0 spiro atoms. The molecule has 0 atom stereocenters. The summed E-state index contributed by atoms with van der Waals surface area (Å²) in [4.78, 5) is 18.5. The lowest BCUT2D eigenvalue weighted by Gasteiger charge is -2.05. The normalized spacial score (nSPS) is 10.7. The number of aromatic nitrogens is 4. The van der Waals surface area contributed by atoms with Crippen LogP contribution in [-0.4, -0.2) is 26.9 Å².